The second-order valence-electron chi connectivity index (χ2n) is 7.25. The first-order valence-corrected chi connectivity index (χ1v) is 9.45. The number of aromatic nitrogens is 5. The van der Waals surface area contributed by atoms with Crippen LogP contribution < -0.4 is 11.2 Å². The van der Waals surface area contributed by atoms with Gasteiger partial charge in [-0.1, -0.05) is 30.3 Å². The van der Waals surface area contributed by atoms with E-state index >= 15 is 0 Å². The maximum absolute atomic E-state index is 13.4. The van der Waals surface area contributed by atoms with Crippen LogP contribution in [0.3, 0.4) is 0 Å². The van der Waals surface area contributed by atoms with Crippen molar-refractivity contribution in [1.29, 1.82) is 0 Å². The Morgan fingerprint density at radius 1 is 1.00 bits per heavy atom. The molecule has 0 saturated heterocycles. The summed E-state index contributed by atoms with van der Waals surface area (Å²) < 4.78 is 19.5. The Labute approximate surface area is 169 Å². The highest BCUT2D eigenvalue weighted by molar-refractivity contribution is 5.76. The van der Waals surface area contributed by atoms with E-state index in [2.05, 4.69) is 4.98 Å². The lowest BCUT2D eigenvalue weighted by Crippen LogP contribution is -2.39. The van der Waals surface area contributed by atoms with Gasteiger partial charge in [-0.2, -0.15) is 4.98 Å². The first kappa shape index (κ1) is 18.1. The van der Waals surface area contributed by atoms with Crippen molar-refractivity contribution in [3.8, 4) is 5.69 Å². The Balaban J connectivity index is 1.80. The first-order valence-electron chi connectivity index (χ1n) is 9.45. The first-order chi connectivity index (χ1) is 14.5. The molecule has 0 radical (unpaired) electrons. The summed E-state index contributed by atoms with van der Waals surface area (Å²) in [6, 6.07) is 15.4. The van der Waals surface area contributed by atoms with Gasteiger partial charge in [0, 0.05) is 24.6 Å². The molecule has 5 aromatic rings. The normalized spacial score (nSPS) is 11.6. The predicted molar refractivity (Wildman–Crippen MR) is 112 cm³/mol. The second-order valence-corrected chi connectivity index (χ2v) is 7.25. The molecule has 8 heteroatoms. The number of rotatable bonds is 3. The summed E-state index contributed by atoms with van der Waals surface area (Å²) in [5, 5.41) is 0. The molecule has 30 heavy (non-hydrogen) atoms. The molecule has 3 aromatic heterocycles. The zero-order chi connectivity index (χ0) is 21.0. The van der Waals surface area contributed by atoms with Gasteiger partial charge in [0.2, 0.25) is 5.78 Å². The monoisotopic (exact) mass is 403 g/mol. The van der Waals surface area contributed by atoms with Gasteiger partial charge in [-0.05, 0) is 36.8 Å². The van der Waals surface area contributed by atoms with Crippen LogP contribution in [-0.2, 0) is 13.6 Å². The third-order valence-corrected chi connectivity index (χ3v) is 5.29. The molecule has 3 heterocycles. The number of benzene rings is 2. The van der Waals surface area contributed by atoms with Crippen LogP contribution in [-0.4, -0.2) is 23.1 Å². The van der Waals surface area contributed by atoms with Crippen molar-refractivity contribution < 1.29 is 4.39 Å². The van der Waals surface area contributed by atoms with Crippen LogP contribution in [0.25, 0.3) is 22.6 Å². The fourth-order valence-electron chi connectivity index (χ4n) is 3.83. The van der Waals surface area contributed by atoms with Crippen LogP contribution in [0.5, 0.6) is 0 Å². The summed E-state index contributed by atoms with van der Waals surface area (Å²) in [6.07, 6.45) is 1.80. The highest BCUT2D eigenvalue weighted by Gasteiger charge is 2.20. The van der Waals surface area contributed by atoms with E-state index < -0.39 is 11.2 Å². The minimum absolute atomic E-state index is 0.174. The zero-order valence-corrected chi connectivity index (χ0v) is 16.4. The van der Waals surface area contributed by atoms with Crippen molar-refractivity contribution in [1.82, 2.24) is 23.1 Å². The van der Waals surface area contributed by atoms with Crippen LogP contribution in [0.2, 0.25) is 0 Å². The molecule has 0 N–H and O–H groups in total. The van der Waals surface area contributed by atoms with Gasteiger partial charge in [0.15, 0.2) is 11.2 Å². The minimum atomic E-state index is -0.429. The number of nitrogens with zero attached hydrogens (tertiary/aromatic N) is 5. The maximum atomic E-state index is 13.4. The van der Waals surface area contributed by atoms with Crippen molar-refractivity contribution in [3.63, 3.8) is 0 Å². The highest BCUT2D eigenvalue weighted by atomic mass is 19.1. The van der Waals surface area contributed by atoms with Crippen molar-refractivity contribution in [2.24, 2.45) is 7.05 Å². The van der Waals surface area contributed by atoms with E-state index in [0.29, 0.717) is 22.6 Å². The summed E-state index contributed by atoms with van der Waals surface area (Å²) in [6.45, 7) is 2.06. The highest BCUT2D eigenvalue weighted by Crippen LogP contribution is 2.21. The zero-order valence-electron chi connectivity index (χ0n) is 16.4. The number of fused-ring (bicyclic) bond motifs is 3. The van der Waals surface area contributed by atoms with Crippen LogP contribution in [0.15, 0.2) is 70.4 Å². The van der Waals surface area contributed by atoms with E-state index in [4.69, 9.17) is 0 Å². The molecule has 2 aromatic carbocycles. The van der Waals surface area contributed by atoms with Gasteiger partial charge < -0.3 is 0 Å². The molecule has 0 fully saturated rings. The van der Waals surface area contributed by atoms with E-state index in [-0.39, 0.29) is 12.4 Å². The molecular weight excluding hydrogens is 385 g/mol. The summed E-state index contributed by atoms with van der Waals surface area (Å²) in [5.41, 5.74) is 2.20. The molecule has 0 aliphatic rings. The van der Waals surface area contributed by atoms with Gasteiger partial charge in [0.05, 0.1) is 6.54 Å². The van der Waals surface area contributed by atoms with E-state index in [1.165, 1.54) is 21.3 Å². The van der Waals surface area contributed by atoms with Crippen molar-refractivity contribution in [3.05, 3.63) is 98.7 Å². The van der Waals surface area contributed by atoms with Gasteiger partial charge in [-0.3, -0.25) is 22.9 Å². The lowest BCUT2D eigenvalue weighted by molar-refractivity contribution is 0.627. The van der Waals surface area contributed by atoms with Gasteiger partial charge in [-0.15, -0.1) is 0 Å². The average molecular weight is 403 g/mol. The van der Waals surface area contributed by atoms with Crippen LogP contribution in [0.1, 0.15) is 11.3 Å². The number of imidazole rings is 2. The largest absolute Gasteiger partial charge is 0.332 e. The smallest absolute Gasteiger partial charge is 0.283 e. The number of hydrogen-bond donors (Lipinski definition) is 0. The van der Waals surface area contributed by atoms with E-state index in [1.807, 2.05) is 41.8 Å². The van der Waals surface area contributed by atoms with E-state index in [9.17, 15) is 14.0 Å². The Hall–Kier alpha value is -3.94. The molecule has 0 saturated carbocycles. The molecule has 0 unspecified atom stereocenters. The number of hydrogen-bond acceptors (Lipinski definition) is 3. The Morgan fingerprint density at radius 2 is 1.70 bits per heavy atom. The molecule has 0 atom stereocenters. The van der Waals surface area contributed by atoms with Crippen molar-refractivity contribution in [2.75, 3.05) is 0 Å². The quantitative estimate of drug-likeness (QED) is 0.465. The van der Waals surface area contributed by atoms with Crippen molar-refractivity contribution >= 4 is 16.9 Å². The lowest BCUT2D eigenvalue weighted by Gasteiger charge is -2.08. The van der Waals surface area contributed by atoms with E-state index in [0.717, 1.165) is 11.3 Å². The summed E-state index contributed by atoms with van der Waals surface area (Å²) in [5.74, 6) is 0.151. The fraction of sp³-hybridized carbons (Fsp3) is 0.136. The standard InChI is InChI=1S/C22H18FN5O2/c1-14-12-26-18-19(24-21(26)28(14)17-10-8-16(23)9-11-17)25(2)22(30)27(20(18)29)13-15-6-4-3-5-7-15/h3-12H,13H2,1-2H3. The molecule has 5 rings (SSSR count). The van der Waals surface area contributed by atoms with Crippen molar-refractivity contribution in [2.45, 2.75) is 13.5 Å². The Kier molecular flexibility index (Phi) is 3.95. The van der Waals surface area contributed by atoms with Crippen LogP contribution in [0.4, 0.5) is 4.39 Å². The van der Waals surface area contributed by atoms with Crippen LogP contribution in [0, 0.1) is 12.7 Å². The summed E-state index contributed by atoms with van der Waals surface area (Å²) in [4.78, 5) is 30.8. The third-order valence-electron chi connectivity index (χ3n) is 5.29. The predicted octanol–water partition coefficient (Wildman–Crippen LogP) is 2.63. The van der Waals surface area contributed by atoms with E-state index in [1.54, 1.807) is 29.8 Å². The molecule has 7 nitrogen and oxygen atoms in total. The molecule has 0 spiro atoms. The summed E-state index contributed by atoms with van der Waals surface area (Å²) >= 11 is 0. The SMILES string of the molecule is Cc1cn2c3c(=O)n(Cc4ccccc4)c(=O)n(C)c3nc2n1-c1ccc(F)cc1. The van der Waals surface area contributed by atoms with Crippen LogP contribution >= 0.6 is 0 Å². The minimum Gasteiger partial charge on any atom is -0.283 e. The van der Waals surface area contributed by atoms with Gasteiger partial charge in [0.1, 0.15) is 5.82 Å². The summed E-state index contributed by atoms with van der Waals surface area (Å²) in [7, 11) is 1.60. The number of aryl methyl sites for hydroxylation is 2. The molecule has 0 bridgehead atoms. The Bertz CT molecular complexity index is 1520. The molecule has 150 valence electrons. The topological polar surface area (TPSA) is 66.2 Å². The Morgan fingerprint density at radius 3 is 2.40 bits per heavy atom. The third kappa shape index (κ3) is 2.61. The second kappa shape index (κ2) is 6.55. The number of halogens is 1. The average Bonchev–Trinajstić information content (AvgIpc) is 3.26. The van der Waals surface area contributed by atoms with Gasteiger partial charge >= 0.3 is 5.69 Å². The molecule has 0 aliphatic carbocycles. The maximum Gasteiger partial charge on any atom is 0.332 e. The van der Waals surface area contributed by atoms with Gasteiger partial charge in [0.25, 0.3) is 5.56 Å². The van der Waals surface area contributed by atoms with Gasteiger partial charge in [-0.25, -0.2) is 9.18 Å². The molecule has 0 amide bonds. The lowest BCUT2D eigenvalue weighted by atomic mass is 10.2. The molecule has 0 aliphatic heterocycles. The fourth-order valence-corrected chi connectivity index (χ4v) is 3.83. The molecular formula is C22H18FN5O2.